The molecule has 0 saturated heterocycles. The third-order valence-electron chi connectivity index (χ3n) is 4.22. The molecule has 0 atom stereocenters. The number of hydrogen-bond acceptors (Lipinski definition) is 4. The summed E-state index contributed by atoms with van der Waals surface area (Å²) >= 11 is 3.48. The molecule has 0 fully saturated rings. The van der Waals surface area contributed by atoms with Gasteiger partial charge >= 0.3 is 0 Å². The molecule has 0 radical (unpaired) electrons. The molecule has 178 valence electrons. The second-order valence-corrected chi connectivity index (χ2v) is 10.4. The van der Waals surface area contributed by atoms with E-state index in [-0.39, 0.29) is 6.61 Å². The Kier molecular flexibility index (Phi) is 13.0. The molecule has 0 aliphatic heterocycles. The first-order chi connectivity index (χ1) is 16.5. The maximum atomic E-state index is 9.09. The zero-order chi connectivity index (χ0) is 24.6. The molecule has 0 saturated carbocycles. The summed E-state index contributed by atoms with van der Waals surface area (Å²) in [5.74, 6) is 1.72. The normalized spacial score (nSPS) is 10.0. The van der Waals surface area contributed by atoms with Crippen LogP contribution in [0.25, 0.3) is 0 Å². The molecule has 0 aromatic heterocycles. The predicted molar refractivity (Wildman–Crippen MR) is 150 cm³/mol. The molecule has 0 aliphatic carbocycles. The number of nitrogen functional groups attached to an aromatic ring is 1. The fourth-order valence-corrected chi connectivity index (χ4v) is 4.49. The van der Waals surface area contributed by atoms with Crippen LogP contribution in [0.1, 0.15) is 31.9 Å². The van der Waals surface area contributed by atoms with E-state index in [0.29, 0.717) is 0 Å². The van der Waals surface area contributed by atoms with Gasteiger partial charge < -0.3 is 10.8 Å². The SMILES string of the molecule is CC(C)C.Nc1ccc(CO)cc1SCc1ccccc1.c1ccc(Sc2ccccc2)cc1. The monoisotopic (exact) mass is 489 g/mol. The average Bonchev–Trinajstić information content (AvgIpc) is 2.85. The van der Waals surface area contributed by atoms with Crippen molar-refractivity contribution in [3.63, 3.8) is 0 Å². The summed E-state index contributed by atoms with van der Waals surface area (Å²) in [5, 5.41) is 9.09. The van der Waals surface area contributed by atoms with Gasteiger partial charge in [0.1, 0.15) is 0 Å². The first kappa shape index (κ1) is 27.6. The lowest BCUT2D eigenvalue weighted by molar-refractivity contribution is 0.281. The second-order valence-electron chi connectivity index (χ2n) is 8.26. The number of thioether (sulfide) groups is 1. The smallest absolute Gasteiger partial charge is 0.0682 e. The van der Waals surface area contributed by atoms with Crippen LogP contribution < -0.4 is 5.73 Å². The highest BCUT2D eigenvalue weighted by molar-refractivity contribution is 7.99. The van der Waals surface area contributed by atoms with Crippen LogP contribution >= 0.6 is 23.5 Å². The summed E-state index contributed by atoms with van der Waals surface area (Å²) in [6, 6.07) is 36.7. The quantitative estimate of drug-likeness (QED) is 0.210. The maximum absolute atomic E-state index is 9.09. The number of nitrogens with two attached hydrogens (primary N) is 1. The lowest BCUT2D eigenvalue weighted by Crippen LogP contribution is -1.92. The van der Waals surface area contributed by atoms with Crippen molar-refractivity contribution in [1.82, 2.24) is 0 Å². The molecule has 2 nitrogen and oxygen atoms in total. The van der Waals surface area contributed by atoms with E-state index in [2.05, 4.69) is 81.4 Å². The van der Waals surface area contributed by atoms with Crippen LogP contribution in [0.5, 0.6) is 0 Å². The molecule has 3 N–H and O–H groups in total. The number of anilines is 1. The fraction of sp³-hybridized carbons (Fsp3) is 0.200. The first-order valence-electron chi connectivity index (χ1n) is 11.4. The number of aliphatic hydroxyl groups is 1. The van der Waals surface area contributed by atoms with Crippen LogP contribution in [0.15, 0.2) is 124 Å². The number of rotatable bonds is 6. The molecule has 4 heteroatoms. The van der Waals surface area contributed by atoms with Gasteiger partial charge in [-0.1, -0.05) is 105 Å². The summed E-state index contributed by atoms with van der Waals surface area (Å²) in [4.78, 5) is 3.60. The molecular formula is C30H35NOS2. The first-order valence-corrected chi connectivity index (χ1v) is 13.2. The molecule has 4 rings (SSSR count). The van der Waals surface area contributed by atoms with E-state index in [1.165, 1.54) is 15.4 Å². The Morgan fingerprint density at radius 2 is 1.15 bits per heavy atom. The van der Waals surface area contributed by atoms with Gasteiger partial charge in [-0.3, -0.25) is 0 Å². The minimum absolute atomic E-state index is 0.0547. The molecule has 4 aromatic carbocycles. The van der Waals surface area contributed by atoms with Gasteiger partial charge in [0.2, 0.25) is 0 Å². The Bertz CT molecular complexity index is 1010. The Morgan fingerprint density at radius 3 is 1.62 bits per heavy atom. The third-order valence-corrected chi connectivity index (χ3v) is 6.38. The van der Waals surface area contributed by atoms with Crippen LogP contribution in [0.4, 0.5) is 5.69 Å². The Labute approximate surface area is 213 Å². The zero-order valence-electron chi connectivity index (χ0n) is 20.2. The van der Waals surface area contributed by atoms with Crippen molar-refractivity contribution in [2.24, 2.45) is 5.92 Å². The molecule has 0 unspecified atom stereocenters. The predicted octanol–water partition coefficient (Wildman–Crippen LogP) is 8.55. The van der Waals surface area contributed by atoms with Gasteiger partial charge in [0.15, 0.2) is 0 Å². The number of benzene rings is 4. The minimum atomic E-state index is 0.0547. The van der Waals surface area contributed by atoms with Gasteiger partial charge in [-0.05, 0) is 53.4 Å². The van der Waals surface area contributed by atoms with Crippen molar-refractivity contribution in [1.29, 1.82) is 0 Å². The van der Waals surface area contributed by atoms with Crippen molar-refractivity contribution in [3.05, 3.63) is 120 Å². The van der Waals surface area contributed by atoms with Gasteiger partial charge in [-0.2, -0.15) is 0 Å². The van der Waals surface area contributed by atoms with Crippen molar-refractivity contribution < 1.29 is 5.11 Å². The Hall–Kier alpha value is -2.66. The van der Waals surface area contributed by atoms with Gasteiger partial charge in [-0.15, -0.1) is 11.8 Å². The van der Waals surface area contributed by atoms with Gasteiger partial charge in [0.25, 0.3) is 0 Å². The molecule has 0 amide bonds. The lowest BCUT2D eigenvalue weighted by Gasteiger charge is -2.07. The molecule has 4 aromatic rings. The lowest BCUT2D eigenvalue weighted by atomic mass is 10.2. The molecule has 0 aliphatic rings. The van der Waals surface area contributed by atoms with Crippen molar-refractivity contribution in [3.8, 4) is 0 Å². The van der Waals surface area contributed by atoms with E-state index in [4.69, 9.17) is 10.8 Å². The fourth-order valence-electron chi connectivity index (χ4n) is 2.65. The highest BCUT2D eigenvalue weighted by atomic mass is 32.2. The third kappa shape index (κ3) is 11.5. The Morgan fingerprint density at radius 1 is 0.676 bits per heavy atom. The van der Waals surface area contributed by atoms with Crippen LogP contribution in [0.2, 0.25) is 0 Å². The molecular weight excluding hydrogens is 454 g/mol. The van der Waals surface area contributed by atoms with E-state index in [1.807, 2.05) is 48.5 Å². The van der Waals surface area contributed by atoms with Gasteiger partial charge in [-0.25, -0.2) is 0 Å². The van der Waals surface area contributed by atoms with E-state index in [9.17, 15) is 0 Å². The molecule has 0 spiro atoms. The summed E-state index contributed by atoms with van der Waals surface area (Å²) in [6.07, 6.45) is 0. The minimum Gasteiger partial charge on any atom is -0.398 e. The van der Waals surface area contributed by atoms with Crippen LogP contribution in [-0.2, 0) is 12.4 Å². The van der Waals surface area contributed by atoms with E-state index >= 15 is 0 Å². The molecule has 34 heavy (non-hydrogen) atoms. The number of aliphatic hydroxyl groups excluding tert-OH is 1. The van der Waals surface area contributed by atoms with E-state index < -0.39 is 0 Å². The zero-order valence-corrected chi connectivity index (χ0v) is 21.9. The van der Waals surface area contributed by atoms with Crippen LogP contribution in [0.3, 0.4) is 0 Å². The summed E-state index contributed by atoms with van der Waals surface area (Å²) in [6.45, 7) is 6.55. The molecule has 0 bridgehead atoms. The summed E-state index contributed by atoms with van der Waals surface area (Å²) < 4.78 is 0. The largest absolute Gasteiger partial charge is 0.398 e. The molecule has 0 heterocycles. The van der Waals surface area contributed by atoms with Crippen molar-refractivity contribution in [2.75, 3.05) is 5.73 Å². The van der Waals surface area contributed by atoms with E-state index in [1.54, 1.807) is 23.5 Å². The average molecular weight is 490 g/mol. The standard InChI is InChI=1S/C14H15NOS.C12H10S.C4H10/c15-13-7-6-12(9-16)8-14(13)17-10-11-4-2-1-3-5-11;1-3-7-11(8-4-1)13-12-9-5-2-6-10-12;1-4(2)3/h1-8,16H,9-10,15H2;1-10H;4H,1-3H3. The topological polar surface area (TPSA) is 46.2 Å². The van der Waals surface area contributed by atoms with Crippen molar-refractivity contribution >= 4 is 29.2 Å². The Balaban J connectivity index is 0.000000213. The van der Waals surface area contributed by atoms with Crippen LogP contribution in [-0.4, -0.2) is 5.11 Å². The van der Waals surface area contributed by atoms with E-state index in [0.717, 1.165) is 27.8 Å². The van der Waals surface area contributed by atoms with Gasteiger partial charge in [0, 0.05) is 26.1 Å². The summed E-state index contributed by atoms with van der Waals surface area (Å²) in [7, 11) is 0. The number of hydrogen-bond donors (Lipinski definition) is 2. The van der Waals surface area contributed by atoms with Crippen molar-refractivity contribution in [2.45, 2.75) is 47.8 Å². The second kappa shape index (κ2) is 16.0. The van der Waals surface area contributed by atoms with Gasteiger partial charge in [0.05, 0.1) is 6.61 Å². The summed E-state index contributed by atoms with van der Waals surface area (Å²) in [5.41, 5.74) is 8.84. The van der Waals surface area contributed by atoms with Crippen LogP contribution in [0, 0.1) is 5.92 Å². The highest BCUT2D eigenvalue weighted by Crippen LogP contribution is 2.29. The maximum Gasteiger partial charge on any atom is 0.0682 e. The highest BCUT2D eigenvalue weighted by Gasteiger charge is 2.02.